The minimum atomic E-state index is -0.256. The van der Waals surface area contributed by atoms with Crippen LogP contribution >= 0.6 is 0 Å². The highest BCUT2D eigenvalue weighted by Crippen LogP contribution is 2.43. The minimum Gasteiger partial charge on any atom is -0.504 e. The highest BCUT2D eigenvalue weighted by molar-refractivity contribution is 5.62. The number of allylic oxidation sites excluding steroid dienone is 2. The van der Waals surface area contributed by atoms with Crippen molar-refractivity contribution >= 4 is 0 Å². The van der Waals surface area contributed by atoms with Crippen LogP contribution in [0.15, 0.2) is 12.2 Å². The number of aromatic hydroxyl groups is 1. The molecule has 0 heterocycles. The van der Waals surface area contributed by atoms with E-state index in [1.165, 1.54) is 7.11 Å². The molecule has 0 atom stereocenters. The normalized spacial score (nSPS) is 11.0. The summed E-state index contributed by atoms with van der Waals surface area (Å²) >= 11 is 0. The van der Waals surface area contributed by atoms with Gasteiger partial charge in [-0.05, 0) is 19.8 Å². The zero-order valence-electron chi connectivity index (χ0n) is 12.0. The SMILES string of the molecule is CC/C=C/Cc1c(CO)c(O)c(OC)c(C)c1OC. The fourth-order valence-electron chi connectivity index (χ4n) is 2.20. The van der Waals surface area contributed by atoms with E-state index in [0.717, 1.165) is 17.5 Å². The average Bonchev–Trinajstić information content (AvgIpc) is 2.40. The third-order valence-corrected chi connectivity index (χ3v) is 3.11. The van der Waals surface area contributed by atoms with Crippen molar-refractivity contribution in [3.63, 3.8) is 0 Å². The highest BCUT2D eigenvalue weighted by atomic mass is 16.5. The lowest BCUT2D eigenvalue weighted by Crippen LogP contribution is -2.03. The summed E-state index contributed by atoms with van der Waals surface area (Å²) in [5.74, 6) is 0.992. The molecule has 1 aromatic carbocycles. The topological polar surface area (TPSA) is 58.9 Å². The van der Waals surface area contributed by atoms with E-state index in [1.54, 1.807) is 7.11 Å². The van der Waals surface area contributed by atoms with Gasteiger partial charge in [0.25, 0.3) is 0 Å². The van der Waals surface area contributed by atoms with E-state index in [0.29, 0.717) is 23.5 Å². The number of benzene rings is 1. The smallest absolute Gasteiger partial charge is 0.167 e. The van der Waals surface area contributed by atoms with Gasteiger partial charge in [0.15, 0.2) is 11.5 Å². The van der Waals surface area contributed by atoms with E-state index in [-0.39, 0.29) is 12.4 Å². The van der Waals surface area contributed by atoms with Gasteiger partial charge in [-0.2, -0.15) is 0 Å². The fraction of sp³-hybridized carbons (Fsp3) is 0.467. The first-order valence-corrected chi connectivity index (χ1v) is 6.33. The summed E-state index contributed by atoms with van der Waals surface area (Å²) in [4.78, 5) is 0. The van der Waals surface area contributed by atoms with Crippen molar-refractivity contribution in [2.24, 2.45) is 0 Å². The summed E-state index contributed by atoms with van der Waals surface area (Å²) in [5, 5.41) is 19.7. The predicted octanol–water partition coefficient (Wildman–Crippen LogP) is 2.72. The molecule has 0 fully saturated rings. The lowest BCUT2D eigenvalue weighted by atomic mass is 9.97. The van der Waals surface area contributed by atoms with Crippen molar-refractivity contribution in [3.05, 3.63) is 28.8 Å². The molecule has 0 unspecified atom stereocenters. The molecular weight excluding hydrogens is 244 g/mol. The maximum Gasteiger partial charge on any atom is 0.167 e. The van der Waals surface area contributed by atoms with Gasteiger partial charge in [0, 0.05) is 16.7 Å². The Kier molecular flexibility index (Phi) is 5.70. The number of aliphatic hydroxyl groups is 1. The largest absolute Gasteiger partial charge is 0.504 e. The van der Waals surface area contributed by atoms with Crippen LogP contribution < -0.4 is 9.47 Å². The molecule has 0 aliphatic rings. The molecule has 0 aliphatic carbocycles. The van der Waals surface area contributed by atoms with Gasteiger partial charge in [0.05, 0.1) is 20.8 Å². The van der Waals surface area contributed by atoms with Crippen LogP contribution in [0.2, 0.25) is 0 Å². The van der Waals surface area contributed by atoms with E-state index in [4.69, 9.17) is 9.47 Å². The molecule has 0 spiro atoms. The quantitative estimate of drug-likeness (QED) is 0.777. The first kappa shape index (κ1) is 15.4. The summed E-state index contributed by atoms with van der Waals surface area (Å²) in [5.41, 5.74) is 1.99. The Morgan fingerprint density at radius 2 is 1.68 bits per heavy atom. The van der Waals surface area contributed by atoms with Crippen molar-refractivity contribution in [1.29, 1.82) is 0 Å². The molecule has 0 radical (unpaired) electrons. The Balaban J connectivity index is 3.44. The van der Waals surface area contributed by atoms with Crippen molar-refractivity contribution in [3.8, 4) is 17.2 Å². The second-order valence-corrected chi connectivity index (χ2v) is 4.24. The van der Waals surface area contributed by atoms with Crippen LogP contribution in [0.3, 0.4) is 0 Å². The van der Waals surface area contributed by atoms with Crippen LogP contribution in [0.5, 0.6) is 17.2 Å². The molecule has 0 aliphatic heterocycles. The van der Waals surface area contributed by atoms with Gasteiger partial charge < -0.3 is 19.7 Å². The molecule has 0 bridgehead atoms. The van der Waals surface area contributed by atoms with Gasteiger partial charge in [-0.25, -0.2) is 0 Å². The Hall–Kier alpha value is -1.68. The van der Waals surface area contributed by atoms with Gasteiger partial charge in [-0.3, -0.25) is 0 Å². The van der Waals surface area contributed by atoms with Gasteiger partial charge >= 0.3 is 0 Å². The van der Waals surface area contributed by atoms with Crippen LogP contribution in [-0.2, 0) is 13.0 Å². The van der Waals surface area contributed by atoms with Crippen LogP contribution in [0.1, 0.15) is 30.0 Å². The first-order chi connectivity index (χ1) is 9.12. The Labute approximate surface area is 114 Å². The molecule has 1 rings (SSSR count). The molecule has 1 aromatic rings. The number of hydrogen-bond donors (Lipinski definition) is 2. The van der Waals surface area contributed by atoms with Crippen LogP contribution in [0, 0.1) is 6.92 Å². The number of aliphatic hydroxyl groups excluding tert-OH is 1. The molecular formula is C15H22O4. The average molecular weight is 266 g/mol. The molecule has 0 saturated carbocycles. The summed E-state index contributed by atoms with van der Waals surface area (Å²) in [6.45, 7) is 3.62. The number of phenols is 1. The summed E-state index contributed by atoms with van der Waals surface area (Å²) in [6.07, 6.45) is 5.59. The van der Waals surface area contributed by atoms with Gasteiger partial charge in [-0.15, -0.1) is 0 Å². The number of hydrogen-bond acceptors (Lipinski definition) is 4. The van der Waals surface area contributed by atoms with Crippen molar-refractivity contribution < 1.29 is 19.7 Å². The second kappa shape index (κ2) is 7.04. The standard InChI is InChI=1S/C15H22O4/c1-5-6-7-8-11-12(9-16)13(17)15(19-4)10(2)14(11)18-3/h6-7,16-17H,5,8-9H2,1-4H3/b7-6+. The molecule has 2 N–H and O–H groups in total. The monoisotopic (exact) mass is 266 g/mol. The Bertz CT molecular complexity index is 433. The zero-order valence-corrected chi connectivity index (χ0v) is 12.0. The van der Waals surface area contributed by atoms with Crippen molar-refractivity contribution in [2.75, 3.05) is 14.2 Å². The van der Waals surface area contributed by atoms with Gasteiger partial charge in [-0.1, -0.05) is 19.1 Å². The van der Waals surface area contributed by atoms with Crippen LogP contribution in [0.4, 0.5) is 0 Å². The van der Waals surface area contributed by atoms with Crippen LogP contribution in [0.25, 0.3) is 0 Å². The van der Waals surface area contributed by atoms with E-state index < -0.39 is 0 Å². The van der Waals surface area contributed by atoms with E-state index in [9.17, 15) is 10.2 Å². The molecule has 106 valence electrons. The lowest BCUT2D eigenvalue weighted by molar-refractivity contribution is 0.269. The summed E-state index contributed by atoms with van der Waals surface area (Å²) in [6, 6.07) is 0. The van der Waals surface area contributed by atoms with Gasteiger partial charge in [0.2, 0.25) is 0 Å². The molecule has 4 heteroatoms. The highest BCUT2D eigenvalue weighted by Gasteiger charge is 2.21. The predicted molar refractivity (Wildman–Crippen MR) is 75.0 cm³/mol. The van der Waals surface area contributed by atoms with E-state index >= 15 is 0 Å². The number of methoxy groups -OCH3 is 2. The maximum absolute atomic E-state index is 10.2. The number of ether oxygens (including phenoxy) is 2. The zero-order chi connectivity index (χ0) is 14.4. The van der Waals surface area contributed by atoms with Crippen molar-refractivity contribution in [2.45, 2.75) is 33.3 Å². The lowest BCUT2D eigenvalue weighted by Gasteiger charge is -2.19. The fourth-order valence-corrected chi connectivity index (χ4v) is 2.20. The van der Waals surface area contributed by atoms with Gasteiger partial charge in [0.1, 0.15) is 5.75 Å². The first-order valence-electron chi connectivity index (χ1n) is 6.33. The Morgan fingerprint density at radius 1 is 1.05 bits per heavy atom. The van der Waals surface area contributed by atoms with E-state index in [1.807, 2.05) is 19.1 Å². The van der Waals surface area contributed by atoms with Crippen molar-refractivity contribution in [1.82, 2.24) is 0 Å². The summed E-state index contributed by atoms with van der Waals surface area (Å²) < 4.78 is 10.6. The molecule has 19 heavy (non-hydrogen) atoms. The maximum atomic E-state index is 10.2. The Morgan fingerprint density at radius 3 is 2.16 bits per heavy atom. The molecule has 0 amide bonds. The molecule has 0 saturated heterocycles. The minimum absolute atomic E-state index is 0.0109. The second-order valence-electron chi connectivity index (χ2n) is 4.24. The van der Waals surface area contributed by atoms with E-state index in [2.05, 4.69) is 6.92 Å². The van der Waals surface area contributed by atoms with Crippen LogP contribution in [-0.4, -0.2) is 24.4 Å². The summed E-state index contributed by atoms with van der Waals surface area (Å²) in [7, 11) is 3.06. The molecule has 0 aromatic heterocycles. The molecule has 4 nitrogen and oxygen atoms in total. The third-order valence-electron chi connectivity index (χ3n) is 3.11. The number of rotatable bonds is 6. The third kappa shape index (κ3) is 3.01.